The average molecular weight is 335 g/mol. The van der Waals surface area contributed by atoms with Crippen LogP contribution in [0.3, 0.4) is 0 Å². The second-order valence-electron chi connectivity index (χ2n) is 5.58. The Bertz CT molecular complexity index is 607. The summed E-state index contributed by atoms with van der Waals surface area (Å²) in [5.74, 6) is -0.192. The van der Waals surface area contributed by atoms with E-state index in [0.717, 1.165) is 12.8 Å². The fraction of sp³-hybridized carbons (Fsp3) is 0.692. The maximum atomic E-state index is 12.1. The van der Waals surface area contributed by atoms with Gasteiger partial charge in [0.05, 0.1) is 17.4 Å². The van der Waals surface area contributed by atoms with E-state index in [9.17, 15) is 13.2 Å². The van der Waals surface area contributed by atoms with Gasteiger partial charge in [-0.1, -0.05) is 11.6 Å². The molecule has 2 atom stereocenters. The number of amides is 1. The molecular formula is C13H19ClN2O4S. The molecule has 1 aliphatic carbocycles. The molecule has 1 fully saturated rings. The van der Waals surface area contributed by atoms with Gasteiger partial charge in [0.2, 0.25) is 11.1 Å². The molecular weight excluding hydrogens is 316 g/mol. The third-order valence-corrected chi connectivity index (χ3v) is 5.81. The molecule has 1 saturated carbocycles. The second-order valence-corrected chi connectivity index (χ2v) is 8.25. The Morgan fingerprint density at radius 3 is 2.76 bits per heavy atom. The minimum atomic E-state index is -3.06. The number of hydrogen-bond donors (Lipinski definition) is 1. The zero-order valence-electron chi connectivity index (χ0n) is 12.1. The van der Waals surface area contributed by atoms with Crippen molar-refractivity contribution in [1.82, 2.24) is 10.5 Å². The van der Waals surface area contributed by atoms with Gasteiger partial charge in [-0.2, -0.15) is 0 Å². The van der Waals surface area contributed by atoms with Crippen LogP contribution in [-0.2, 0) is 21.1 Å². The van der Waals surface area contributed by atoms with Gasteiger partial charge < -0.3 is 9.84 Å². The molecule has 1 aromatic rings. The normalized spacial score (nSPS) is 23.0. The molecule has 0 aromatic carbocycles. The van der Waals surface area contributed by atoms with Crippen LogP contribution in [-0.4, -0.2) is 37.0 Å². The van der Waals surface area contributed by atoms with Crippen molar-refractivity contribution in [2.75, 3.05) is 6.26 Å². The Labute approximate surface area is 129 Å². The van der Waals surface area contributed by atoms with Crippen molar-refractivity contribution < 1.29 is 17.7 Å². The van der Waals surface area contributed by atoms with E-state index < -0.39 is 9.84 Å². The molecule has 0 unspecified atom stereocenters. The first-order chi connectivity index (χ1) is 9.77. The van der Waals surface area contributed by atoms with Crippen molar-refractivity contribution in [2.24, 2.45) is 0 Å². The number of aryl methyl sites for hydroxylation is 1. The number of aromatic nitrogens is 1. The zero-order chi connectivity index (χ0) is 15.6. The molecule has 1 N–H and O–H groups in total. The van der Waals surface area contributed by atoms with Crippen LogP contribution in [0, 0.1) is 6.92 Å². The first-order valence-corrected chi connectivity index (χ1v) is 9.19. The lowest BCUT2D eigenvalue weighted by Crippen LogP contribution is -2.42. The number of nitrogens with one attached hydrogen (secondary N) is 1. The fourth-order valence-electron chi connectivity index (χ4n) is 2.66. The molecule has 6 nitrogen and oxygen atoms in total. The van der Waals surface area contributed by atoms with Gasteiger partial charge in [0.1, 0.15) is 9.84 Å². The van der Waals surface area contributed by atoms with E-state index in [4.69, 9.17) is 16.1 Å². The summed E-state index contributed by atoms with van der Waals surface area (Å²) in [6.07, 6.45) is 4.09. The Kier molecular flexibility index (Phi) is 4.93. The SMILES string of the molecule is Cc1noc(Cl)c1CC(=O)N[C@H]1CCC[C@H](S(C)(=O)=O)C1. The summed E-state index contributed by atoms with van der Waals surface area (Å²) in [6, 6.07) is -0.107. The van der Waals surface area contributed by atoms with Crippen LogP contribution < -0.4 is 5.32 Å². The Balaban J connectivity index is 1.94. The molecule has 2 rings (SSSR count). The van der Waals surface area contributed by atoms with Gasteiger partial charge in [-0.25, -0.2) is 8.42 Å². The van der Waals surface area contributed by atoms with Gasteiger partial charge in [0, 0.05) is 17.9 Å². The van der Waals surface area contributed by atoms with Gasteiger partial charge in [0.15, 0.2) is 0 Å². The van der Waals surface area contributed by atoms with E-state index in [2.05, 4.69) is 10.5 Å². The highest BCUT2D eigenvalue weighted by Crippen LogP contribution is 2.24. The van der Waals surface area contributed by atoms with Crippen LogP contribution in [0.25, 0.3) is 0 Å². The van der Waals surface area contributed by atoms with Crippen molar-refractivity contribution in [2.45, 2.75) is 50.3 Å². The summed E-state index contributed by atoms with van der Waals surface area (Å²) in [4.78, 5) is 12.1. The predicted octanol–water partition coefficient (Wildman–Crippen LogP) is 1.65. The van der Waals surface area contributed by atoms with Gasteiger partial charge in [-0.05, 0) is 37.8 Å². The Morgan fingerprint density at radius 1 is 1.48 bits per heavy atom. The van der Waals surface area contributed by atoms with Crippen molar-refractivity contribution >= 4 is 27.3 Å². The molecule has 1 amide bonds. The molecule has 1 heterocycles. The van der Waals surface area contributed by atoms with Crippen molar-refractivity contribution in [1.29, 1.82) is 0 Å². The lowest BCUT2D eigenvalue weighted by Gasteiger charge is -2.28. The second kappa shape index (κ2) is 6.36. The number of carbonyl (C=O) groups excluding carboxylic acids is 1. The van der Waals surface area contributed by atoms with Gasteiger partial charge >= 0.3 is 0 Å². The van der Waals surface area contributed by atoms with E-state index in [1.165, 1.54) is 6.26 Å². The predicted molar refractivity (Wildman–Crippen MR) is 79.0 cm³/mol. The van der Waals surface area contributed by atoms with Gasteiger partial charge in [-0.15, -0.1) is 0 Å². The largest absolute Gasteiger partial charge is 0.353 e. The number of hydrogen-bond acceptors (Lipinski definition) is 5. The molecule has 0 spiro atoms. The summed E-state index contributed by atoms with van der Waals surface area (Å²) in [6.45, 7) is 1.72. The number of nitrogens with zero attached hydrogens (tertiary/aromatic N) is 1. The summed E-state index contributed by atoms with van der Waals surface area (Å²) in [5, 5.41) is 6.34. The topological polar surface area (TPSA) is 89.3 Å². The number of sulfone groups is 1. The van der Waals surface area contributed by atoms with E-state index in [1.54, 1.807) is 6.92 Å². The van der Waals surface area contributed by atoms with Crippen molar-refractivity contribution in [3.8, 4) is 0 Å². The summed E-state index contributed by atoms with van der Waals surface area (Å²) < 4.78 is 28.0. The molecule has 0 saturated heterocycles. The van der Waals surface area contributed by atoms with Crippen LogP contribution in [0.2, 0.25) is 5.22 Å². The quantitative estimate of drug-likeness (QED) is 0.904. The molecule has 1 aliphatic rings. The highest BCUT2D eigenvalue weighted by atomic mass is 35.5. The minimum Gasteiger partial charge on any atom is -0.353 e. The minimum absolute atomic E-state index is 0.0915. The average Bonchev–Trinajstić information content (AvgIpc) is 2.70. The highest BCUT2D eigenvalue weighted by molar-refractivity contribution is 7.91. The van der Waals surface area contributed by atoms with E-state index in [-0.39, 0.29) is 28.8 Å². The van der Waals surface area contributed by atoms with E-state index in [0.29, 0.717) is 24.1 Å². The lowest BCUT2D eigenvalue weighted by atomic mass is 9.94. The van der Waals surface area contributed by atoms with Crippen LogP contribution >= 0.6 is 11.6 Å². The third-order valence-electron chi connectivity index (χ3n) is 3.87. The number of rotatable bonds is 4. The fourth-order valence-corrected chi connectivity index (χ4v) is 4.08. The van der Waals surface area contributed by atoms with Gasteiger partial charge in [-0.3, -0.25) is 4.79 Å². The smallest absolute Gasteiger partial charge is 0.229 e. The zero-order valence-corrected chi connectivity index (χ0v) is 13.6. The van der Waals surface area contributed by atoms with Crippen LogP contribution in [0.4, 0.5) is 0 Å². The molecule has 1 aromatic heterocycles. The molecule has 0 aliphatic heterocycles. The van der Waals surface area contributed by atoms with Crippen LogP contribution in [0.15, 0.2) is 4.52 Å². The monoisotopic (exact) mass is 334 g/mol. The Hall–Kier alpha value is -1.08. The molecule has 0 radical (unpaired) electrons. The van der Waals surface area contributed by atoms with Crippen LogP contribution in [0.5, 0.6) is 0 Å². The molecule has 118 valence electrons. The summed E-state index contributed by atoms with van der Waals surface area (Å²) in [7, 11) is -3.06. The first-order valence-electron chi connectivity index (χ1n) is 6.86. The third kappa shape index (κ3) is 4.20. The van der Waals surface area contributed by atoms with E-state index in [1.807, 2.05) is 0 Å². The summed E-state index contributed by atoms with van der Waals surface area (Å²) in [5.41, 5.74) is 1.16. The lowest BCUT2D eigenvalue weighted by molar-refractivity contribution is -0.121. The standard InChI is InChI=1S/C13H19ClN2O4S/c1-8-11(13(14)20-16-8)7-12(17)15-9-4-3-5-10(6-9)21(2,18)19/h9-10H,3-7H2,1-2H3,(H,15,17)/t9-,10-/m0/s1. The van der Waals surface area contributed by atoms with Crippen LogP contribution in [0.1, 0.15) is 36.9 Å². The number of halogens is 1. The Morgan fingerprint density at radius 2 is 2.19 bits per heavy atom. The molecule has 8 heteroatoms. The first kappa shape index (κ1) is 16.3. The van der Waals surface area contributed by atoms with Crippen molar-refractivity contribution in [3.63, 3.8) is 0 Å². The van der Waals surface area contributed by atoms with Crippen molar-refractivity contribution in [3.05, 3.63) is 16.5 Å². The molecule has 0 bridgehead atoms. The summed E-state index contributed by atoms with van der Waals surface area (Å²) >= 11 is 5.83. The maximum Gasteiger partial charge on any atom is 0.229 e. The van der Waals surface area contributed by atoms with Gasteiger partial charge in [0.25, 0.3) is 0 Å². The van der Waals surface area contributed by atoms with E-state index >= 15 is 0 Å². The molecule has 21 heavy (non-hydrogen) atoms. The maximum absolute atomic E-state index is 12.1. The highest BCUT2D eigenvalue weighted by Gasteiger charge is 2.29. The number of carbonyl (C=O) groups is 1.